The van der Waals surface area contributed by atoms with E-state index >= 15 is 0 Å². The summed E-state index contributed by atoms with van der Waals surface area (Å²) >= 11 is 0. The van der Waals surface area contributed by atoms with Gasteiger partial charge in [0.25, 0.3) is 0 Å². The largest absolute Gasteiger partial charge is 0.508 e. The molecule has 122 valence electrons. The molecule has 2 rings (SSSR count). The highest BCUT2D eigenvalue weighted by molar-refractivity contribution is 5.74. The van der Waals surface area contributed by atoms with Crippen LogP contribution in [0.15, 0.2) is 24.3 Å². The summed E-state index contributed by atoms with van der Waals surface area (Å²) in [6.07, 6.45) is 3.22. The van der Waals surface area contributed by atoms with E-state index in [4.69, 9.17) is 0 Å². The molecule has 1 atom stereocenters. The molecule has 5 nitrogen and oxygen atoms in total. The maximum absolute atomic E-state index is 12.0. The van der Waals surface area contributed by atoms with E-state index in [0.717, 1.165) is 44.3 Å². The molecule has 22 heavy (non-hydrogen) atoms. The summed E-state index contributed by atoms with van der Waals surface area (Å²) in [6.45, 7) is 3.92. The first-order valence-electron chi connectivity index (χ1n) is 8.05. The second-order valence-electron chi connectivity index (χ2n) is 6.07. The number of rotatable bonds is 5. The Bertz CT molecular complexity index is 465. The van der Waals surface area contributed by atoms with E-state index in [-0.39, 0.29) is 17.9 Å². The van der Waals surface area contributed by atoms with Crippen LogP contribution in [0.4, 0.5) is 4.79 Å². The first-order valence-corrected chi connectivity index (χ1v) is 8.05. The van der Waals surface area contributed by atoms with Crippen molar-refractivity contribution in [2.75, 3.05) is 19.6 Å². The second-order valence-corrected chi connectivity index (χ2v) is 6.07. The van der Waals surface area contributed by atoms with Gasteiger partial charge in [0.05, 0.1) is 6.10 Å². The van der Waals surface area contributed by atoms with Crippen LogP contribution in [-0.2, 0) is 6.42 Å². The number of carbonyl (C=O) groups is 1. The smallest absolute Gasteiger partial charge is 0.317 e. The molecule has 2 amide bonds. The molecule has 0 bridgehead atoms. The number of phenolic OH excluding ortho intramolecular Hbond substituents is 1. The molecule has 1 unspecified atom stereocenters. The molecule has 1 aromatic carbocycles. The second kappa shape index (κ2) is 8.03. The van der Waals surface area contributed by atoms with Gasteiger partial charge in [-0.05, 0) is 56.2 Å². The number of aryl methyl sites for hydroxylation is 1. The number of aliphatic hydroxyl groups is 1. The Kier molecular flexibility index (Phi) is 6.07. The summed E-state index contributed by atoms with van der Waals surface area (Å²) in [4.78, 5) is 13.9. The zero-order valence-electron chi connectivity index (χ0n) is 13.2. The van der Waals surface area contributed by atoms with E-state index in [1.165, 1.54) is 0 Å². The predicted octanol–water partition coefficient (Wildman–Crippen LogP) is 2.13. The van der Waals surface area contributed by atoms with E-state index in [0.29, 0.717) is 12.5 Å². The number of hydrogen-bond donors (Lipinski definition) is 3. The summed E-state index contributed by atoms with van der Waals surface area (Å²) in [6, 6.07) is 7.16. The number of likely N-dealkylation sites (tertiary alicyclic amines) is 1. The minimum Gasteiger partial charge on any atom is -0.508 e. The van der Waals surface area contributed by atoms with Crippen LogP contribution in [0, 0.1) is 5.92 Å². The lowest BCUT2D eigenvalue weighted by atomic mass is 9.92. The number of urea groups is 1. The van der Waals surface area contributed by atoms with Crippen LogP contribution < -0.4 is 5.32 Å². The number of aliphatic hydroxyl groups excluding tert-OH is 1. The van der Waals surface area contributed by atoms with E-state index < -0.39 is 0 Å². The number of amides is 2. The number of nitrogens with one attached hydrogen (secondary N) is 1. The molecule has 1 aromatic rings. The highest BCUT2D eigenvalue weighted by Gasteiger charge is 2.24. The molecule has 1 saturated heterocycles. The SMILES string of the molecule is CC(O)C1CCN(C(=O)NCCCc2ccc(O)cc2)CC1. The number of carbonyl (C=O) groups excluding carboxylic acids is 1. The van der Waals surface area contributed by atoms with E-state index in [1.54, 1.807) is 12.1 Å². The summed E-state index contributed by atoms with van der Waals surface area (Å²) in [7, 11) is 0. The fourth-order valence-electron chi connectivity index (χ4n) is 2.85. The molecule has 1 heterocycles. The van der Waals surface area contributed by atoms with Crippen LogP contribution in [0.1, 0.15) is 31.7 Å². The molecule has 0 saturated carbocycles. The number of hydrogen-bond acceptors (Lipinski definition) is 3. The van der Waals surface area contributed by atoms with Gasteiger partial charge in [-0.25, -0.2) is 4.79 Å². The van der Waals surface area contributed by atoms with Crippen LogP contribution in [0.2, 0.25) is 0 Å². The van der Waals surface area contributed by atoms with E-state index in [1.807, 2.05) is 24.0 Å². The molecular formula is C17H26N2O3. The van der Waals surface area contributed by atoms with Gasteiger partial charge in [0, 0.05) is 19.6 Å². The van der Waals surface area contributed by atoms with Crippen molar-refractivity contribution in [1.82, 2.24) is 10.2 Å². The van der Waals surface area contributed by atoms with Crippen molar-refractivity contribution in [3.63, 3.8) is 0 Å². The van der Waals surface area contributed by atoms with Gasteiger partial charge in [-0.1, -0.05) is 12.1 Å². The molecule has 0 aliphatic carbocycles. The zero-order chi connectivity index (χ0) is 15.9. The lowest BCUT2D eigenvalue weighted by Crippen LogP contribution is -2.46. The van der Waals surface area contributed by atoms with Crippen molar-refractivity contribution in [3.05, 3.63) is 29.8 Å². The van der Waals surface area contributed by atoms with Crippen molar-refractivity contribution < 1.29 is 15.0 Å². The molecule has 1 aliphatic heterocycles. The Labute approximate surface area is 131 Å². The van der Waals surface area contributed by atoms with Crippen molar-refractivity contribution in [2.24, 2.45) is 5.92 Å². The lowest BCUT2D eigenvalue weighted by molar-refractivity contribution is 0.0798. The summed E-state index contributed by atoms with van der Waals surface area (Å²) in [5, 5.41) is 21.7. The molecule has 1 aliphatic rings. The van der Waals surface area contributed by atoms with Gasteiger partial charge in [-0.2, -0.15) is 0 Å². The average molecular weight is 306 g/mol. The first kappa shape index (κ1) is 16.6. The molecule has 3 N–H and O–H groups in total. The van der Waals surface area contributed by atoms with Crippen molar-refractivity contribution in [1.29, 1.82) is 0 Å². The molecular weight excluding hydrogens is 280 g/mol. The third-order valence-corrected chi connectivity index (χ3v) is 4.36. The standard InChI is InChI=1S/C17H26N2O3/c1-13(20)15-8-11-19(12-9-15)17(22)18-10-2-3-14-4-6-16(21)7-5-14/h4-7,13,15,20-21H,2-3,8-12H2,1H3,(H,18,22). The predicted molar refractivity (Wildman–Crippen MR) is 85.8 cm³/mol. The van der Waals surface area contributed by atoms with E-state index in [2.05, 4.69) is 5.32 Å². The summed E-state index contributed by atoms with van der Waals surface area (Å²) in [5.74, 6) is 0.594. The van der Waals surface area contributed by atoms with Gasteiger partial charge < -0.3 is 20.4 Å². The van der Waals surface area contributed by atoms with Crippen molar-refractivity contribution in [2.45, 2.75) is 38.7 Å². The van der Waals surface area contributed by atoms with Crippen LogP contribution in [0.5, 0.6) is 5.75 Å². The quantitative estimate of drug-likeness (QED) is 0.730. The van der Waals surface area contributed by atoms with Crippen LogP contribution in [-0.4, -0.2) is 46.9 Å². The van der Waals surface area contributed by atoms with Crippen molar-refractivity contribution >= 4 is 6.03 Å². The molecule has 0 aromatic heterocycles. The van der Waals surface area contributed by atoms with Crippen LogP contribution >= 0.6 is 0 Å². The highest BCUT2D eigenvalue weighted by atomic mass is 16.3. The molecule has 1 fully saturated rings. The fraction of sp³-hybridized carbons (Fsp3) is 0.588. The number of benzene rings is 1. The molecule has 0 spiro atoms. The van der Waals surface area contributed by atoms with Gasteiger partial charge in [-0.15, -0.1) is 0 Å². The average Bonchev–Trinajstić information content (AvgIpc) is 2.53. The molecule has 0 radical (unpaired) electrons. The Morgan fingerprint density at radius 1 is 1.32 bits per heavy atom. The number of piperidine rings is 1. The third kappa shape index (κ3) is 4.91. The Balaban J connectivity index is 1.63. The fourth-order valence-corrected chi connectivity index (χ4v) is 2.85. The Morgan fingerprint density at radius 3 is 2.55 bits per heavy atom. The third-order valence-electron chi connectivity index (χ3n) is 4.36. The number of phenols is 1. The summed E-state index contributed by atoms with van der Waals surface area (Å²) < 4.78 is 0. The van der Waals surface area contributed by atoms with E-state index in [9.17, 15) is 15.0 Å². The Morgan fingerprint density at radius 2 is 1.95 bits per heavy atom. The number of aromatic hydroxyl groups is 1. The zero-order valence-corrected chi connectivity index (χ0v) is 13.2. The topological polar surface area (TPSA) is 72.8 Å². The van der Waals surface area contributed by atoms with Gasteiger partial charge in [0.2, 0.25) is 0 Å². The van der Waals surface area contributed by atoms with Gasteiger partial charge in [0.1, 0.15) is 5.75 Å². The minimum atomic E-state index is -0.282. The first-order chi connectivity index (χ1) is 10.6. The van der Waals surface area contributed by atoms with Gasteiger partial charge in [0.15, 0.2) is 0 Å². The minimum absolute atomic E-state index is 0.00486. The highest BCUT2D eigenvalue weighted by Crippen LogP contribution is 2.20. The lowest BCUT2D eigenvalue weighted by Gasteiger charge is -2.33. The van der Waals surface area contributed by atoms with Crippen LogP contribution in [0.3, 0.4) is 0 Å². The van der Waals surface area contributed by atoms with Crippen molar-refractivity contribution in [3.8, 4) is 5.75 Å². The molecule has 5 heteroatoms. The monoisotopic (exact) mass is 306 g/mol. The van der Waals surface area contributed by atoms with Gasteiger partial charge in [-0.3, -0.25) is 0 Å². The maximum atomic E-state index is 12.0. The summed E-state index contributed by atoms with van der Waals surface area (Å²) in [5.41, 5.74) is 1.16. The Hall–Kier alpha value is -1.75. The van der Waals surface area contributed by atoms with Crippen LogP contribution in [0.25, 0.3) is 0 Å². The normalized spacial score (nSPS) is 17.3. The number of nitrogens with zero attached hydrogens (tertiary/aromatic N) is 1. The van der Waals surface area contributed by atoms with Gasteiger partial charge >= 0.3 is 6.03 Å². The maximum Gasteiger partial charge on any atom is 0.317 e.